The minimum Gasteiger partial charge on any atom is -0.480 e. The number of carbonyl (C=O) groups excluding carboxylic acids is 1. The summed E-state index contributed by atoms with van der Waals surface area (Å²) in [6.45, 7) is 0. The first-order chi connectivity index (χ1) is 8.22. The second kappa shape index (κ2) is 4.69. The van der Waals surface area contributed by atoms with Gasteiger partial charge in [-0.05, 0) is 18.2 Å². The van der Waals surface area contributed by atoms with Crippen molar-refractivity contribution in [3.63, 3.8) is 0 Å². The average Bonchev–Trinajstić information content (AvgIpc) is 2.39. The molecule has 2 rings (SSSR count). The molecule has 4 nitrogen and oxygen atoms in total. The molecule has 0 aliphatic heterocycles. The summed E-state index contributed by atoms with van der Waals surface area (Å²) in [5.41, 5.74) is 0.0582. The Bertz CT molecular complexity index is 540. The molecule has 1 aromatic carbocycles. The molecule has 86 valence electrons. The zero-order valence-corrected chi connectivity index (χ0v) is 9.05. The summed E-state index contributed by atoms with van der Waals surface area (Å²) in [5.74, 6) is -0.775. The van der Waals surface area contributed by atoms with Gasteiger partial charge in [0.05, 0.1) is 12.7 Å². The third kappa shape index (κ3) is 2.28. The van der Waals surface area contributed by atoms with E-state index in [1.807, 2.05) is 0 Å². The normalized spacial score (nSPS) is 10.0. The summed E-state index contributed by atoms with van der Waals surface area (Å²) in [5, 5.41) is 7.33. The lowest BCUT2D eigenvalue weighted by Crippen LogP contribution is -2.07. The molecule has 0 aliphatic rings. The lowest BCUT2D eigenvalue weighted by molar-refractivity contribution is 0.102. The molecule has 0 saturated carbocycles. The van der Waals surface area contributed by atoms with Gasteiger partial charge in [0, 0.05) is 6.07 Å². The smallest absolute Gasteiger partial charge is 0.233 e. The second-order valence-corrected chi connectivity index (χ2v) is 3.27. The van der Waals surface area contributed by atoms with Gasteiger partial charge < -0.3 is 4.74 Å². The number of nitrogens with zero attached hydrogens (tertiary/aromatic N) is 2. The van der Waals surface area contributed by atoms with E-state index >= 15 is 0 Å². The SMILES string of the molecule is COc1ccc(C(=O)c2ccccc2F)nn1. The predicted octanol–water partition coefficient (Wildman–Crippen LogP) is 1.86. The Morgan fingerprint density at radius 1 is 1.18 bits per heavy atom. The zero-order chi connectivity index (χ0) is 12.3. The van der Waals surface area contributed by atoms with Crippen LogP contribution >= 0.6 is 0 Å². The van der Waals surface area contributed by atoms with Gasteiger partial charge in [0.15, 0.2) is 0 Å². The summed E-state index contributed by atoms with van der Waals surface area (Å²) in [4.78, 5) is 11.9. The summed E-state index contributed by atoms with van der Waals surface area (Å²) in [6, 6.07) is 8.69. The van der Waals surface area contributed by atoms with Gasteiger partial charge >= 0.3 is 0 Å². The summed E-state index contributed by atoms with van der Waals surface area (Å²) >= 11 is 0. The molecule has 1 heterocycles. The molecule has 1 aromatic heterocycles. The monoisotopic (exact) mass is 232 g/mol. The van der Waals surface area contributed by atoms with E-state index in [1.54, 1.807) is 6.07 Å². The molecule has 0 unspecified atom stereocenters. The van der Waals surface area contributed by atoms with E-state index in [0.717, 1.165) is 0 Å². The van der Waals surface area contributed by atoms with Crippen molar-refractivity contribution in [2.45, 2.75) is 0 Å². The highest BCUT2D eigenvalue weighted by Crippen LogP contribution is 2.12. The van der Waals surface area contributed by atoms with E-state index in [9.17, 15) is 9.18 Å². The lowest BCUT2D eigenvalue weighted by atomic mass is 10.1. The van der Waals surface area contributed by atoms with Gasteiger partial charge in [-0.1, -0.05) is 12.1 Å². The largest absolute Gasteiger partial charge is 0.480 e. The van der Waals surface area contributed by atoms with Crippen LogP contribution in [0.15, 0.2) is 36.4 Å². The Morgan fingerprint density at radius 3 is 2.53 bits per heavy atom. The molecule has 0 saturated heterocycles. The molecule has 0 bridgehead atoms. The summed E-state index contributed by atoms with van der Waals surface area (Å²) in [7, 11) is 1.45. The van der Waals surface area contributed by atoms with Crippen molar-refractivity contribution in [2.24, 2.45) is 0 Å². The zero-order valence-electron chi connectivity index (χ0n) is 9.05. The Morgan fingerprint density at radius 2 is 1.94 bits per heavy atom. The van der Waals surface area contributed by atoms with Crippen LogP contribution in [0, 0.1) is 5.82 Å². The van der Waals surface area contributed by atoms with Gasteiger partial charge in [0.25, 0.3) is 0 Å². The van der Waals surface area contributed by atoms with Crippen LogP contribution in [0.2, 0.25) is 0 Å². The number of ketones is 1. The predicted molar refractivity (Wildman–Crippen MR) is 58.4 cm³/mol. The molecule has 0 atom stereocenters. The fourth-order valence-electron chi connectivity index (χ4n) is 1.33. The number of methoxy groups -OCH3 is 1. The first-order valence-corrected chi connectivity index (χ1v) is 4.89. The Kier molecular flexibility index (Phi) is 3.09. The van der Waals surface area contributed by atoms with Gasteiger partial charge in [-0.15, -0.1) is 10.2 Å². The van der Waals surface area contributed by atoms with E-state index in [2.05, 4.69) is 10.2 Å². The number of hydrogen-bond donors (Lipinski definition) is 0. The molecule has 17 heavy (non-hydrogen) atoms. The van der Waals surface area contributed by atoms with E-state index in [0.29, 0.717) is 5.88 Å². The Labute approximate surface area is 97.1 Å². The molecule has 0 N–H and O–H groups in total. The van der Waals surface area contributed by atoms with Crippen LogP contribution in [0.25, 0.3) is 0 Å². The van der Waals surface area contributed by atoms with E-state index < -0.39 is 11.6 Å². The molecule has 0 amide bonds. The number of ether oxygens (including phenoxy) is 1. The molecular weight excluding hydrogens is 223 g/mol. The number of benzene rings is 1. The van der Waals surface area contributed by atoms with E-state index in [-0.39, 0.29) is 11.3 Å². The number of halogens is 1. The van der Waals surface area contributed by atoms with Crippen LogP contribution < -0.4 is 4.74 Å². The van der Waals surface area contributed by atoms with Gasteiger partial charge in [-0.3, -0.25) is 4.79 Å². The minimum absolute atomic E-state index is 0.0213. The van der Waals surface area contributed by atoms with Gasteiger partial charge in [0.2, 0.25) is 11.7 Å². The van der Waals surface area contributed by atoms with Crippen molar-refractivity contribution in [3.05, 3.63) is 53.5 Å². The molecule has 0 radical (unpaired) electrons. The maximum atomic E-state index is 13.4. The summed E-state index contributed by atoms with van der Waals surface area (Å²) in [6.07, 6.45) is 0. The molecule has 2 aromatic rings. The van der Waals surface area contributed by atoms with Gasteiger partial charge in [-0.2, -0.15) is 0 Å². The number of hydrogen-bond acceptors (Lipinski definition) is 4. The molecule has 0 fully saturated rings. The van der Waals surface area contributed by atoms with Crippen LogP contribution in [0.5, 0.6) is 5.88 Å². The van der Waals surface area contributed by atoms with Crippen LogP contribution in [-0.2, 0) is 0 Å². The van der Waals surface area contributed by atoms with Crippen molar-refractivity contribution in [1.82, 2.24) is 10.2 Å². The highest BCUT2D eigenvalue weighted by Gasteiger charge is 2.15. The minimum atomic E-state index is -0.574. The molecule has 5 heteroatoms. The highest BCUT2D eigenvalue weighted by atomic mass is 19.1. The number of aromatic nitrogens is 2. The maximum absolute atomic E-state index is 13.4. The van der Waals surface area contributed by atoms with Crippen molar-refractivity contribution >= 4 is 5.78 Å². The van der Waals surface area contributed by atoms with Crippen LogP contribution in [0.1, 0.15) is 16.1 Å². The fourth-order valence-corrected chi connectivity index (χ4v) is 1.33. The first kappa shape index (κ1) is 11.2. The van der Waals surface area contributed by atoms with Crippen LogP contribution in [-0.4, -0.2) is 23.1 Å². The molecule has 0 aliphatic carbocycles. The third-order valence-electron chi connectivity index (χ3n) is 2.20. The molecular formula is C12H9FN2O2. The maximum Gasteiger partial charge on any atom is 0.233 e. The van der Waals surface area contributed by atoms with Crippen molar-refractivity contribution in [2.75, 3.05) is 7.11 Å². The van der Waals surface area contributed by atoms with E-state index in [1.165, 1.54) is 37.4 Å². The lowest BCUT2D eigenvalue weighted by Gasteiger charge is -2.01. The van der Waals surface area contributed by atoms with Gasteiger partial charge in [-0.25, -0.2) is 4.39 Å². The van der Waals surface area contributed by atoms with Crippen LogP contribution in [0.4, 0.5) is 4.39 Å². The summed E-state index contributed by atoms with van der Waals surface area (Å²) < 4.78 is 18.2. The first-order valence-electron chi connectivity index (χ1n) is 4.89. The average molecular weight is 232 g/mol. The Balaban J connectivity index is 2.34. The van der Waals surface area contributed by atoms with Crippen molar-refractivity contribution in [3.8, 4) is 5.88 Å². The fraction of sp³-hybridized carbons (Fsp3) is 0.0833. The second-order valence-electron chi connectivity index (χ2n) is 3.27. The van der Waals surface area contributed by atoms with E-state index in [4.69, 9.17) is 4.74 Å². The standard InChI is InChI=1S/C12H9FN2O2/c1-17-11-7-6-10(14-15-11)12(16)8-4-2-3-5-9(8)13/h2-7H,1H3. The van der Waals surface area contributed by atoms with Crippen molar-refractivity contribution < 1.29 is 13.9 Å². The van der Waals surface area contributed by atoms with Gasteiger partial charge in [0.1, 0.15) is 11.5 Å². The van der Waals surface area contributed by atoms with Crippen molar-refractivity contribution in [1.29, 1.82) is 0 Å². The number of carbonyl (C=O) groups is 1. The Hall–Kier alpha value is -2.30. The van der Waals surface area contributed by atoms with Crippen LogP contribution in [0.3, 0.4) is 0 Å². The molecule has 0 spiro atoms. The quantitative estimate of drug-likeness (QED) is 0.758. The number of rotatable bonds is 3. The topological polar surface area (TPSA) is 52.1 Å². The highest BCUT2D eigenvalue weighted by molar-refractivity contribution is 6.07. The third-order valence-corrected chi connectivity index (χ3v) is 2.20.